The van der Waals surface area contributed by atoms with Gasteiger partial charge in [-0.1, -0.05) is 32.0 Å². The molecule has 0 unspecified atom stereocenters. The predicted octanol–water partition coefficient (Wildman–Crippen LogP) is 3.22. The Morgan fingerprint density at radius 2 is 1.65 bits per heavy atom. The first-order valence-electron chi connectivity index (χ1n) is 7.20. The zero-order valence-electron chi connectivity index (χ0n) is 12.9. The van der Waals surface area contributed by atoms with E-state index in [1.54, 1.807) is 0 Å². The number of nitrogens with zero attached hydrogens (tertiary/aromatic N) is 2. The Bertz CT molecular complexity index is 424. The van der Waals surface area contributed by atoms with Crippen LogP contribution in [-0.4, -0.2) is 42.9 Å². The van der Waals surface area contributed by atoms with Crippen molar-refractivity contribution in [3.8, 4) is 0 Å². The van der Waals surface area contributed by atoms with Gasteiger partial charge in [0.1, 0.15) is 5.88 Å². The van der Waals surface area contributed by atoms with E-state index in [1.165, 1.54) is 0 Å². The largest absolute Gasteiger partial charge is 0.310 e. The van der Waals surface area contributed by atoms with Gasteiger partial charge in [0.15, 0.2) is 0 Å². The Balaban J connectivity index is 2.98. The minimum Gasteiger partial charge on any atom is -0.310 e. The molecule has 0 saturated heterocycles. The van der Waals surface area contributed by atoms with E-state index >= 15 is 0 Å². The summed E-state index contributed by atoms with van der Waals surface area (Å²) in [7, 11) is 0. The predicted molar refractivity (Wildman–Crippen MR) is 86.8 cm³/mol. The normalized spacial score (nSPS) is 10.9. The highest BCUT2D eigenvalue weighted by Crippen LogP contribution is 2.24. The molecule has 0 bridgehead atoms. The summed E-state index contributed by atoms with van der Waals surface area (Å²) in [5.41, 5.74) is 3.23. The second-order valence-electron chi connectivity index (χ2n) is 4.95. The first kappa shape index (κ1) is 17.0. The maximum Gasteiger partial charge on any atom is 0.241 e. The smallest absolute Gasteiger partial charge is 0.241 e. The van der Waals surface area contributed by atoms with E-state index < -0.39 is 0 Å². The summed E-state index contributed by atoms with van der Waals surface area (Å²) in [5, 5.41) is 0. The average Bonchev–Trinajstić information content (AvgIpc) is 2.45. The van der Waals surface area contributed by atoms with Crippen LogP contribution in [0.1, 0.15) is 25.0 Å². The molecule has 0 aliphatic heterocycles. The van der Waals surface area contributed by atoms with Gasteiger partial charge >= 0.3 is 0 Å². The monoisotopic (exact) mass is 296 g/mol. The number of carbonyl (C=O) groups excluding carboxylic acids is 1. The van der Waals surface area contributed by atoms with Crippen molar-refractivity contribution in [3.63, 3.8) is 0 Å². The maximum atomic E-state index is 12.2. The van der Waals surface area contributed by atoms with Gasteiger partial charge in [-0.25, -0.2) is 0 Å². The number of rotatable bonds is 7. The van der Waals surface area contributed by atoms with Crippen LogP contribution in [-0.2, 0) is 4.79 Å². The van der Waals surface area contributed by atoms with Crippen molar-refractivity contribution in [1.82, 2.24) is 4.90 Å². The third-order valence-electron chi connectivity index (χ3n) is 3.66. The van der Waals surface area contributed by atoms with Gasteiger partial charge < -0.3 is 9.80 Å². The highest BCUT2D eigenvalue weighted by atomic mass is 35.5. The van der Waals surface area contributed by atoms with Crippen LogP contribution in [0.2, 0.25) is 0 Å². The highest BCUT2D eigenvalue weighted by Gasteiger charge is 2.19. The molecule has 0 atom stereocenters. The van der Waals surface area contributed by atoms with Crippen LogP contribution in [0.5, 0.6) is 0 Å². The van der Waals surface area contributed by atoms with Gasteiger partial charge in [-0.15, -0.1) is 11.6 Å². The molecule has 112 valence electrons. The SMILES string of the molecule is CCN(CC)CCN(C(=O)CCl)c1c(C)cccc1C. The van der Waals surface area contributed by atoms with Crippen LogP contribution in [0.4, 0.5) is 5.69 Å². The molecule has 0 radical (unpaired) electrons. The molecule has 4 heteroatoms. The molecule has 20 heavy (non-hydrogen) atoms. The number of alkyl halides is 1. The summed E-state index contributed by atoms with van der Waals surface area (Å²) >= 11 is 5.78. The van der Waals surface area contributed by atoms with Gasteiger partial charge in [0.2, 0.25) is 5.91 Å². The molecule has 0 spiro atoms. The second-order valence-corrected chi connectivity index (χ2v) is 5.21. The van der Waals surface area contributed by atoms with Gasteiger partial charge in [0, 0.05) is 18.8 Å². The number of aryl methyl sites for hydroxylation is 2. The minimum atomic E-state index is -0.0313. The number of hydrogen-bond acceptors (Lipinski definition) is 2. The first-order valence-corrected chi connectivity index (χ1v) is 7.73. The lowest BCUT2D eigenvalue weighted by Gasteiger charge is -2.28. The number of halogens is 1. The summed E-state index contributed by atoms with van der Waals surface area (Å²) in [6, 6.07) is 6.09. The molecule has 1 amide bonds. The van der Waals surface area contributed by atoms with Crippen LogP contribution in [0.15, 0.2) is 18.2 Å². The maximum absolute atomic E-state index is 12.2. The standard InChI is InChI=1S/C16H25ClN2O/c1-5-18(6-2)10-11-19(15(20)12-17)16-13(3)8-7-9-14(16)4/h7-9H,5-6,10-12H2,1-4H3. The van der Waals surface area contributed by atoms with Crippen molar-refractivity contribution >= 4 is 23.2 Å². The van der Waals surface area contributed by atoms with Crippen molar-refractivity contribution in [2.45, 2.75) is 27.7 Å². The Hall–Kier alpha value is -1.06. The van der Waals surface area contributed by atoms with Crippen molar-refractivity contribution in [1.29, 1.82) is 0 Å². The summed E-state index contributed by atoms with van der Waals surface area (Å²) in [6.45, 7) is 11.9. The number of carbonyl (C=O) groups is 1. The molecule has 0 fully saturated rings. The Labute approximate surface area is 127 Å². The van der Waals surface area contributed by atoms with Crippen LogP contribution >= 0.6 is 11.6 Å². The van der Waals surface area contributed by atoms with E-state index in [-0.39, 0.29) is 11.8 Å². The van der Waals surface area contributed by atoms with E-state index in [4.69, 9.17) is 11.6 Å². The summed E-state index contributed by atoms with van der Waals surface area (Å²) in [6.07, 6.45) is 0. The molecule has 0 N–H and O–H groups in total. The van der Waals surface area contributed by atoms with E-state index in [1.807, 2.05) is 36.9 Å². The van der Waals surface area contributed by atoms with Gasteiger partial charge in [-0.05, 0) is 38.1 Å². The van der Waals surface area contributed by atoms with E-state index in [9.17, 15) is 4.79 Å². The lowest BCUT2D eigenvalue weighted by molar-refractivity contribution is -0.116. The molecule has 1 aromatic rings. The molecule has 3 nitrogen and oxygen atoms in total. The van der Waals surface area contributed by atoms with E-state index in [0.29, 0.717) is 6.54 Å². The third-order valence-corrected chi connectivity index (χ3v) is 3.89. The topological polar surface area (TPSA) is 23.6 Å². The fourth-order valence-corrected chi connectivity index (χ4v) is 2.59. The van der Waals surface area contributed by atoms with E-state index in [0.717, 1.165) is 36.4 Å². The van der Waals surface area contributed by atoms with Crippen molar-refractivity contribution in [2.24, 2.45) is 0 Å². The van der Waals surface area contributed by atoms with Crippen molar-refractivity contribution < 1.29 is 4.79 Å². The van der Waals surface area contributed by atoms with Gasteiger partial charge in [0.25, 0.3) is 0 Å². The Morgan fingerprint density at radius 3 is 2.10 bits per heavy atom. The molecular weight excluding hydrogens is 272 g/mol. The average molecular weight is 297 g/mol. The molecule has 1 rings (SSSR count). The quantitative estimate of drug-likeness (QED) is 0.721. The van der Waals surface area contributed by atoms with Crippen LogP contribution in [0, 0.1) is 13.8 Å². The number of amides is 1. The number of hydrogen-bond donors (Lipinski definition) is 0. The molecule has 1 aromatic carbocycles. The number of benzene rings is 1. The molecule has 0 saturated carbocycles. The zero-order valence-corrected chi connectivity index (χ0v) is 13.7. The van der Waals surface area contributed by atoms with Gasteiger partial charge in [-0.3, -0.25) is 4.79 Å². The molecule has 0 aromatic heterocycles. The van der Waals surface area contributed by atoms with Crippen molar-refractivity contribution in [2.75, 3.05) is 37.0 Å². The molecular formula is C16H25ClN2O. The lowest BCUT2D eigenvalue weighted by atomic mass is 10.1. The Morgan fingerprint density at radius 1 is 1.10 bits per heavy atom. The van der Waals surface area contributed by atoms with Gasteiger partial charge in [0.05, 0.1) is 0 Å². The zero-order chi connectivity index (χ0) is 15.1. The van der Waals surface area contributed by atoms with Crippen molar-refractivity contribution in [3.05, 3.63) is 29.3 Å². The van der Waals surface area contributed by atoms with Crippen LogP contribution in [0.3, 0.4) is 0 Å². The highest BCUT2D eigenvalue weighted by molar-refractivity contribution is 6.29. The summed E-state index contributed by atoms with van der Waals surface area (Å²) in [4.78, 5) is 16.3. The summed E-state index contributed by atoms with van der Waals surface area (Å²) < 4.78 is 0. The summed E-state index contributed by atoms with van der Waals surface area (Å²) in [5.74, 6) is -0.0114. The molecule has 0 aliphatic rings. The molecule has 0 heterocycles. The number of likely N-dealkylation sites (N-methyl/N-ethyl adjacent to an activating group) is 1. The van der Waals surface area contributed by atoms with Crippen LogP contribution < -0.4 is 4.90 Å². The van der Waals surface area contributed by atoms with Crippen LogP contribution in [0.25, 0.3) is 0 Å². The van der Waals surface area contributed by atoms with E-state index in [2.05, 4.69) is 18.7 Å². The third kappa shape index (κ3) is 4.22. The first-order chi connectivity index (χ1) is 9.54. The van der Waals surface area contributed by atoms with Gasteiger partial charge in [-0.2, -0.15) is 0 Å². The number of para-hydroxylation sites is 1. The lowest BCUT2D eigenvalue weighted by Crippen LogP contribution is -2.40. The molecule has 0 aliphatic carbocycles. The second kappa shape index (κ2) is 8.28. The fourth-order valence-electron chi connectivity index (χ4n) is 2.45. The fraction of sp³-hybridized carbons (Fsp3) is 0.562. The number of anilines is 1. The Kier molecular flexibility index (Phi) is 7.03. The minimum absolute atomic E-state index is 0.0199.